The number of thioether (sulfide) groups is 1. The summed E-state index contributed by atoms with van der Waals surface area (Å²) in [6, 6.07) is 0. The standard InChI is InChI=1S/C10H17N7O2S2.2C4H4O4/c1-19-10(18)17-8(13)14-2-3-20-4-6-5-21-9(15-6)16-7(11)12;2*5-3(6)1-2-4(7)8/h5H,2-4H2,1H3,(H4,11,12,15,16)(H3,13,14,17,18);2*1-2H,(H,5,6)(H,7,8)/b;2*2-1-. The monoisotopic (exact) mass is 563 g/mol. The molecule has 37 heavy (non-hydrogen) atoms. The van der Waals surface area contributed by atoms with Gasteiger partial charge in [-0.25, -0.2) is 29.0 Å². The van der Waals surface area contributed by atoms with Crippen LogP contribution in [0.4, 0.5) is 9.93 Å². The van der Waals surface area contributed by atoms with E-state index < -0.39 is 30.0 Å². The summed E-state index contributed by atoms with van der Waals surface area (Å²) in [4.78, 5) is 61.1. The molecule has 11 N–H and O–H groups in total. The number of guanidine groups is 2. The van der Waals surface area contributed by atoms with Crippen LogP contribution in [0, 0.1) is 0 Å². The number of carboxylic acid groups (broad SMARTS) is 4. The SMILES string of the molecule is COC(=O)NC(N)=NCCSCc1csc(N=C(N)N)n1.O=C(O)/C=C\C(=O)O.O=C(O)/C=C\C(=O)O. The van der Waals surface area contributed by atoms with Gasteiger partial charge in [0.1, 0.15) is 0 Å². The average molecular weight is 564 g/mol. The molecule has 1 amide bonds. The van der Waals surface area contributed by atoms with Crippen molar-refractivity contribution in [3.8, 4) is 0 Å². The van der Waals surface area contributed by atoms with Crippen molar-refractivity contribution in [2.45, 2.75) is 5.75 Å². The van der Waals surface area contributed by atoms with Gasteiger partial charge in [-0.05, 0) is 0 Å². The highest BCUT2D eigenvalue weighted by molar-refractivity contribution is 7.98. The number of thiazole rings is 1. The van der Waals surface area contributed by atoms with Crippen LogP contribution in [-0.4, -0.2) is 86.7 Å². The summed E-state index contributed by atoms with van der Waals surface area (Å²) in [6.45, 7) is 0.478. The molecule has 0 aliphatic carbocycles. The maximum atomic E-state index is 10.8. The molecule has 0 unspecified atom stereocenters. The number of nitrogens with two attached hydrogens (primary N) is 3. The Morgan fingerprint density at radius 2 is 1.49 bits per heavy atom. The van der Waals surface area contributed by atoms with Gasteiger partial charge in [0.25, 0.3) is 0 Å². The van der Waals surface area contributed by atoms with Crippen LogP contribution in [0.25, 0.3) is 0 Å². The average Bonchev–Trinajstić information content (AvgIpc) is 3.23. The molecule has 19 heteroatoms. The molecule has 1 rings (SSSR count). The van der Waals surface area contributed by atoms with Crippen molar-refractivity contribution in [3.05, 3.63) is 35.4 Å². The first kappa shape index (κ1) is 34.5. The third-order valence-corrected chi connectivity index (χ3v) is 4.44. The van der Waals surface area contributed by atoms with E-state index in [1.165, 1.54) is 18.4 Å². The van der Waals surface area contributed by atoms with Gasteiger partial charge in [-0.2, -0.15) is 16.8 Å². The Labute approximate surface area is 217 Å². The smallest absolute Gasteiger partial charge is 0.413 e. The van der Waals surface area contributed by atoms with E-state index >= 15 is 0 Å². The summed E-state index contributed by atoms with van der Waals surface area (Å²) < 4.78 is 4.38. The molecule has 1 heterocycles. The van der Waals surface area contributed by atoms with Crippen LogP contribution < -0.4 is 22.5 Å². The van der Waals surface area contributed by atoms with Crippen LogP contribution in [0.15, 0.2) is 39.7 Å². The van der Waals surface area contributed by atoms with Crippen LogP contribution in [0.1, 0.15) is 5.69 Å². The predicted molar refractivity (Wildman–Crippen MR) is 135 cm³/mol. The summed E-state index contributed by atoms with van der Waals surface area (Å²) in [7, 11) is 1.25. The summed E-state index contributed by atoms with van der Waals surface area (Å²) >= 11 is 3.01. The van der Waals surface area contributed by atoms with Gasteiger partial charge in [-0.3, -0.25) is 10.3 Å². The molecule has 1 aromatic heterocycles. The normalized spacial score (nSPS) is 10.4. The van der Waals surface area contributed by atoms with Crippen molar-refractivity contribution < 1.29 is 49.1 Å². The lowest BCUT2D eigenvalue weighted by atomic mass is 10.5. The maximum absolute atomic E-state index is 10.8. The number of hydrogen-bond donors (Lipinski definition) is 8. The number of methoxy groups -OCH3 is 1. The van der Waals surface area contributed by atoms with Crippen molar-refractivity contribution in [2.75, 3.05) is 19.4 Å². The molecule has 0 bridgehead atoms. The Morgan fingerprint density at radius 3 is 1.89 bits per heavy atom. The third-order valence-electron chi connectivity index (χ3n) is 2.68. The molecule has 0 fully saturated rings. The summed E-state index contributed by atoms with van der Waals surface area (Å²) in [5.74, 6) is -3.55. The first-order valence-electron chi connectivity index (χ1n) is 9.31. The van der Waals surface area contributed by atoms with Crippen LogP contribution in [0.3, 0.4) is 0 Å². The van der Waals surface area contributed by atoms with Crippen molar-refractivity contribution in [1.29, 1.82) is 0 Å². The topological polar surface area (TPSA) is 303 Å². The van der Waals surface area contributed by atoms with Gasteiger partial charge in [-0.15, -0.1) is 11.3 Å². The molecule has 0 atom stereocenters. The van der Waals surface area contributed by atoms with Crippen LogP contribution in [-0.2, 0) is 29.7 Å². The molecule has 0 aromatic carbocycles. The Hall–Kier alpha value is -4.65. The van der Waals surface area contributed by atoms with Gasteiger partial charge in [0.05, 0.1) is 19.3 Å². The second-order valence-electron chi connectivity index (χ2n) is 5.61. The van der Waals surface area contributed by atoms with E-state index in [4.69, 9.17) is 37.6 Å². The van der Waals surface area contributed by atoms with E-state index in [9.17, 15) is 24.0 Å². The number of nitrogens with zero attached hydrogens (tertiary/aromatic N) is 3. The Bertz CT molecular complexity index is 968. The fourth-order valence-corrected chi connectivity index (χ4v) is 2.94. The fourth-order valence-electron chi connectivity index (χ4n) is 1.41. The first-order chi connectivity index (χ1) is 17.3. The van der Waals surface area contributed by atoms with E-state index in [2.05, 4.69) is 25.0 Å². The highest BCUT2D eigenvalue weighted by Gasteiger charge is 2.02. The Balaban J connectivity index is 0. The van der Waals surface area contributed by atoms with E-state index in [0.29, 0.717) is 36.0 Å². The molecule has 17 nitrogen and oxygen atoms in total. The van der Waals surface area contributed by atoms with Crippen LogP contribution in [0.2, 0.25) is 0 Å². The number of carboxylic acids is 4. The van der Waals surface area contributed by atoms with Crippen molar-refractivity contribution in [1.82, 2.24) is 10.3 Å². The van der Waals surface area contributed by atoms with Gasteiger partial charge in [0, 0.05) is 41.2 Å². The van der Waals surface area contributed by atoms with E-state index in [1.807, 2.05) is 5.38 Å². The number of carbonyl (C=O) groups excluding carboxylic acids is 1. The third kappa shape index (κ3) is 25.8. The number of ether oxygens (including phenoxy) is 1. The number of hydrogen-bond acceptors (Lipinski definition) is 11. The zero-order valence-corrected chi connectivity index (χ0v) is 20.8. The number of carbonyl (C=O) groups is 5. The lowest BCUT2D eigenvalue weighted by molar-refractivity contribution is -0.134. The predicted octanol–water partition coefficient (Wildman–Crippen LogP) is -0.624. The highest BCUT2D eigenvalue weighted by Crippen LogP contribution is 2.21. The van der Waals surface area contributed by atoms with E-state index in [-0.39, 0.29) is 11.9 Å². The van der Waals surface area contributed by atoms with Gasteiger partial charge in [0.2, 0.25) is 5.13 Å². The Morgan fingerprint density at radius 1 is 1.00 bits per heavy atom. The molecular formula is C18H25N7O10S2. The van der Waals surface area contributed by atoms with Gasteiger partial charge < -0.3 is 42.4 Å². The minimum atomic E-state index is -1.26. The van der Waals surface area contributed by atoms with Gasteiger partial charge >= 0.3 is 30.0 Å². The van der Waals surface area contributed by atoms with E-state index in [1.54, 1.807) is 11.8 Å². The van der Waals surface area contributed by atoms with Gasteiger partial charge in [0.15, 0.2) is 11.9 Å². The van der Waals surface area contributed by atoms with Crippen molar-refractivity contribution >= 4 is 70.1 Å². The number of rotatable bonds is 10. The second kappa shape index (κ2) is 20.7. The number of aliphatic imine (C=N–C) groups is 2. The molecule has 0 aliphatic rings. The minimum absolute atomic E-state index is 0.00790. The lowest BCUT2D eigenvalue weighted by Gasteiger charge is -2.02. The van der Waals surface area contributed by atoms with Crippen LogP contribution in [0.5, 0.6) is 0 Å². The Kier molecular flexibility index (Phi) is 19.3. The molecule has 0 saturated heterocycles. The van der Waals surface area contributed by atoms with Crippen molar-refractivity contribution in [2.24, 2.45) is 27.2 Å². The molecule has 0 spiro atoms. The molecule has 1 aromatic rings. The van der Waals surface area contributed by atoms with Crippen LogP contribution >= 0.6 is 23.1 Å². The summed E-state index contributed by atoms with van der Waals surface area (Å²) in [5.41, 5.74) is 16.9. The molecular weight excluding hydrogens is 538 g/mol. The zero-order chi connectivity index (χ0) is 28.8. The number of amides is 1. The fraction of sp³-hybridized carbons (Fsp3) is 0.222. The first-order valence-corrected chi connectivity index (χ1v) is 11.3. The molecule has 0 aliphatic heterocycles. The number of aromatic nitrogens is 1. The van der Waals surface area contributed by atoms with Crippen molar-refractivity contribution in [3.63, 3.8) is 0 Å². The quantitative estimate of drug-likeness (QED) is 0.0760. The minimum Gasteiger partial charge on any atom is -0.478 e. The zero-order valence-electron chi connectivity index (χ0n) is 19.1. The summed E-state index contributed by atoms with van der Waals surface area (Å²) in [6.07, 6.45) is 1.59. The summed E-state index contributed by atoms with van der Waals surface area (Å²) in [5, 5.41) is 35.9. The molecule has 204 valence electrons. The number of alkyl carbamates (subject to hydrolysis) is 1. The largest absolute Gasteiger partial charge is 0.478 e. The maximum Gasteiger partial charge on any atom is 0.413 e. The molecule has 0 radical (unpaired) electrons. The van der Waals surface area contributed by atoms with E-state index in [0.717, 1.165) is 17.2 Å². The lowest BCUT2D eigenvalue weighted by Crippen LogP contribution is -2.36. The molecule has 0 saturated carbocycles. The number of nitrogens with one attached hydrogen (secondary N) is 1. The van der Waals surface area contributed by atoms with Gasteiger partial charge in [-0.1, -0.05) is 0 Å². The number of aliphatic carboxylic acids is 4. The second-order valence-corrected chi connectivity index (χ2v) is 7.56. The highest BCUT2D eigenvalue weighted by atomic mass is 32.2.